The van der Waals surface area contributed by atoms with Crippen molar-refractivity contribution in [3.63, 3.8) is 0 Å². The maximum Gasteiger partial charge on any atom is 0.311 e. The van der Waals surface area contributed by atoms with Gasteiger partial charge in [-0.05, 0) is 79.2 Å². The van der Waals surface area contributed by atoms with Gasteiger partial charge in [-0.1, -0.05) is 43.3 Å². The lowest BCUT2D eigenvalue weighted by Crippen LogP contribution is -2.47. The van der Waals surface area contributed by atoms with Gasteiger partial charge in [0.25, 0.3) is 0 Å². The van der Waals surface area contributed by atoms with E-state index in [0.717, 1.165) is 31.4 Å². The largest absolute Gasteiger partial charge is 0.489 e. The van der Waals surface area contributed by atoms with Crippen LogP contribution in [0.15, 0.2) is 48.5 Å². The van der Waals surface area contributed by atoms with E-state index in [-0.39, 0.29) is 11.4 Å². The Morgan fingerprint density at radius 3 is 2.68 bits per heavy atom. The number of esters is 1. The van der Waals surface area contributed by atoms with Crippen molar-refractivity contribution in [1.82, 2.24) is 0 Å². The van der Waals surface area contributed by atoms with Crippen LogP contribution < -0.4 is 4.74 Å². The van der Waals surface area contributed by atoms with E-state index >= 15 is 0 Å². The molecule has 28 heavy (non-hydrogen) atoms. The van der Waals surface area contributed by atoms with Gasteiger partial charge in [0.15, 0.2) is 0 Å². The zero-order chi connectivity index (χ0) is 19.7. The van der Waals surface area contributed by atoms with Crippen molar-refractivity contribution in [1.29, 1.82) is 0 Å². The van der Waals surface area contributed by atoms with Crippen LogP contribution in [0.1, 0.15) is 55.7 Å². The first-order chi connectivity index (χ1) is 13.5. The third-order valence-electron chi connectivity index (χ3n) is 7.09. The standard InChI is InChI=1S/C25H30O3/c1-17-13-14-25(2,24(26)27-3)22-12-10-19-9-11-20(15-21(19)23(17)22)28-16-18-7-5-4-6-8-18/h4-9,11,15,17,22-23H,10,12-14,16H2,1-3H3/t17-,22+,23+,25-/m0/s1. The number of hydrogen-bond donors (Lipinski definition) is 0. The maximum atomic E-state index is 12.6. The number of fused-ring (bicyclic) bond motifs is 3. The van der Waals surface area contributed by atoms with Crippen molar-refractivity contribution in [2.45, 2.75) is 52.1 Å². The third-order valence-corrected chi connectivity index (χ3v) is 7.09. The molecule has 2 aliphatic rings. The summed E-state index contributed by atoms with van der Waals surface area (Å²) in [6.45, 7) is 5.02. The smallest absolute Gasteiger partial charge is 0.311 e. The maximum absolute atomic E-state index is 12.6. The lowest BCUT2D eigenvalue weighted by Gasteiger charge is -2.50. The Bertz CT molecular complexity index is 844. The van der Waals surface area contributed by atoms with Gasteiger partial charge < -0.3 is 9.47 Å². The van der Waals surface area contributed by atoms with Crippen LogP contribution in [0.2, 0.25) is 0 Å². The minimum atomic E-state index is -0.384. The van der Waals surface area contributed by atoms with Gasteiger partial charge in [0, 0.05) is 0 Å². The van der Waals surface area contributed by atoms with E-state index in [9.17, 15) is 4.79 Å². The Balaban J connectivity index is 1.62. The Hall–Kier alpha value is -2.29. The second kappa shape index (κ2) is 7.62. The topological polar surface area (TPSA) is 35.5 Å². The molecule has 0 aliphatic heterocycles. The molecule has 3 nitrogen and oxygen atoms in total. The van der Waals surface area contributed by atoms with Gasteiger partial charge in [-0.25, -0.2) is 0 Å². The summed E-state index contributed by atoms with van der Waals surface area (Å²) in [5, 5.41) is 0. The predicted octanol–water partition coefficient (Wildman–Crippen LogP) is 5.52. The van der Waals surface area contributed by atoms with E-state index in [0.29, 0.717) is 24.4 Å². The average molecular weight is 379 g/mol. The number of methoxy groups -OCH3 is 1. The van der Waals surface area contributed by atoms with E-state index in [1.807, 2.05) is 18.2 Å². The van der Waals surface area contributed by atoms with E-state index in [2.05, 4.69) is 44.2 Å². The number of ether oxygens (including phenoxy) is 2. The van der Waals surface area contributed by atoms with Crippen LogP contribution in [-0.2, 0) is 22.6 Å². The fourth-order valence-electron chi connectivity index (χ4n) is 5.45. The predicted molar refractivity (Wildman–Crippen MR) is 110 cm³/mol. The van der Waals surface area contributed by atoms with Crippen molar-refractivity contribution >= 4 is 5.97 Å². The quantitative estimate of drug-likeness (QED) is 0.657. The Labute approximate surface area is 168 Å². The normalized spacial score (nSPS) is 28.8. The molecule has 2 aromatic carbocycles. The molecule has 4 atom stereocenters. The zero-order valence-corrected chi connectivity index (χ0v) is 17.1. The van der Waals surface area contributed by atoms with Gasteiger partial charge in [-0.2, -0.15) is 0 Å². The molecule has 0 saturated heterocycles. The van der Waals surface area contributed by atoms with Gasteiger partial charge in [0.1, 0.15) is 12.4 Å². The molecule has 1 saturated carbocycles. The number of hydrogen-bond acceptors (Lipinski definition) is 3. The molecule has 0 amide bonds. The minimum Gasteiger partial charge on any atom is -0.489 e. The zero-order valence-electron chi connectivity index (χ0n) is 17.1. The average Bonchev–Trinajstić information content (AvgIpc) is 2.74. The van der Waals surface area contributed by atoms with E-state index in [1.54, 1.807) is 0 Å². The van der Waals surface area contributed by atoms with Crippen LogP contribution in [-0.4, -0.2) is 13.1 Å². The molecule has 0 spiro atoms. The molecule has 0 radical (unpaired) electrons. The molecule has 0 aromatic heterocycles. The monoisotopic (exact) mass is 378 g/mol. The molecule has 148 valence electrons. The Morgan fingerprint density at radius 1 is 1.14 bits per heavy atom. The van der Waals surface area contributed by atoms with Crippen molar-refractivity contribution < 1.29 is 14.3 Å². The first-order valence-electron chi connectivity index (χ1n) is 10.4. The summed E-state index contributed by atoms with van der Waals surface area (Å²) in [5.74, 6) is 2.16. The molecular formula is C25H30O3. The fourth-order valence-corrected chi connectivity index (χ4v) is 5.45. The second-order valence-corrected chi connectivity index (χ2v) is 8.73. The summed E-state index contributed by atoms with van der Waals surface area (Å²) in [5.41, 5.74) is 3.57. The highest BCUT2D eigenvalue weighted by molar-refractivity contribution is 5.77. The first-order valence-corrected chi connectivity index (χ1v) is 10.4. The van der Waals surface area contributed by atoms with Crippen molar-refractivity contribution in [3.05, 3.63) is 65.2 Å². The highest BCUT2D eigenvalue weighted by atomic mass is 16.5. The number of carbonyl (C=O) groups is 1. The van der Waals surface area contributed by atoms with E-state index in [4.69, 9.17) is 9.47 Å². The van der Waals surface area contributed by atoms with Gasteiger partial charge >= 0.3 is 5.97 Å². The first kappa shape index (κ1) is 19.0. The minimum absolute atomic E-state index is 0.0469. The number of aryl methyl sites for hydroxylation is 1. The molecule has 2 aromatic rings. The molecule has 3 heteroatoms. The molecule has 0 N–H and O–H groups in total. The van der Waals surface area contributed by atoms with Crippen LogP contribution in [0.25, 0.3) is 0 Å². The molecule has 0 heterocycles. The number of rotatable bonds is 4. The SMILES string of the molecule is COC(=O)[C@@]1(C)CC[C@H](C)[C@@H]2c3cc(OCc4ccccc4)ccc3CC[C@H]21. The van der Waals surface area contributed by atoms with Crippen LogP contribution in [0.4, 0.5) is 0 Å². The van der Waals surface area contributed by atoms with Crippen LogP contribution in [0.5, 0.6) is 5.75 Å². The summed E-state index contributed by atoms with van der Waals surface area (Å²) in [6, 6.07) is 16.8. The fraction of sp³-hybridized carbons (Fsp3) is 0.480. The summed E-state index contributed by atoms with van der Waals surface area (Å²) < 4.78 is 11.3. The van der Waals surface area contributed by atoms with Crippen molar-refractivity contribution in [2.24, 2.45) is 17.3 Å². The van der Waals surface area contributed by atoms with Crippen molar-refractivity contribution in [3.8, 4) is 5.75 Å². The summed E-state index contributed by atoms with van der Waals surface area (Å²) >= 11 is 0. The summed E-state index contributed by atoms with van der Waals surface area (Å²) in [4.78, 5) is 12.6. The Kier molecular flexibility index (Phi) is 5.18. The van der Waals surface area contributed by atoms with Crippen molar-refractivity contribution in [2.75, 3.05) is 7.11 Å². The van der Waals surface area contributed by atoms with E-state index in [1.165, 1.54) is 23.8 Å². The van der Waals surface area contributed by atoms with Crippen LogP contribution in [0.3, 0.4) is 0 Å². The second-order valence-electron chi connectivity index (χ2n) is 8.73. The van der Waals surface area contributed by atoms with Gasteiger partial charge in [-0.15, -0.1) is 0 Å². The van der Waals surface area contributed by atoms with Gasteiger partial charge in [0.2, 0.25) is 0 Å². The third kappa shape index (κ3) is 3.32. The molecule has 0 bridgehead atoms. The lowest BCUT2D eigenvalue weighted by molar-refractivity contribution is -0.160. The molecule has 4 rings (SSSR count). The summed E-state index contributed by atoms with van der Waals surface area (Å²) in [6.07, 6.45) is 4.05. The lowest BCUT2D eigenvalue weighted by atomic mass is 9.54. The van der Waals surface area contributed by atoms with Crippen LogP contribution >= 0.6 is 0 Å². The summed E-state index contributed by atoms with van der Waals surface area (Å²) in [7, 11) is 1.52. The molecule has 0 unspecified atom stereocenters. The highest BCUT2D eigenvalue weighted by Gasteiger charge is 2.52. The molecular weight excluding hydrogens is 348 g/mol. The molecule has 1 fully saturated rings. The van der Waals surface area contributed by atoms with Gasteiger partial charge in [-0.3, -0.25) is 4.79 Å². The van der Waals surface area contributed by atoms with Gasteiger partial charge in [0.05, 0.1) is 12.5 Å². The number of carbonyl (C=O) groups excluding carboxylic acids is 1. The van der Waals surface area contributed by atoms with Crippen LogP contribution in [0, 0.1) is 17.3 Å². The molecule has 2 aliphatic carbocycles. The van der Waals surface area contributed by atoms with E-state index < -0.39 is 0 Å². The highest BCUT2D eigenvalue weighted by Crippen LogP contribution is 2.56. The number of benzene rings is 2. The Morgan fingerprint density at radius 2 is 1.93 bits per heavy atom.